The molecule has 2 aromatic rings. The number of phenolic OH excluding ortho intramolecular Hbond substituents is 1. The highest BCUT2D eigenvalue weighted by Crippen LogP contribution is 2.31. The van der Waals surface area contributed by atoms with Crippen LogP contribution in [0.3, 0.4) is 0 Å². The number of nitrogens with one attached hydrogen (secondary N) is 1. The number of ether oxygens (including phenoxy) is 2. The van der Waals surface area contributed by atoms with Gasteiger partial charge in [0, 0.05) is 48.3 Å². The number of methoxy groups -OCH3 is 2. The van der Waals surface area contributed by atoms with E-state index in [1.54, 1.807) is 26.4 Å². The summed E-state index contributed by atoms with van der Waals surface area (Å²) in [5.41, 5.74) is 2.15. The van der Waals surface area contributed by atoms with Gasteiger partial charge in [0.05, 0.1) is 7.11 Å². The summed E-state index contributed by atoms with van der Waals surface area (Å²) in [6, 6.07) is 13.4. The van der Waals surface area contributed by atoms with Crippen molar-refractivity contribution in [1.29, 1.82) is 0 Å². The number of carbonyl (C=O) groups is 2. The van der Waals surface area contributed by atoms with E-state index >= 15 is 0 Å². The second-order valence-corrected chi connectivity index (χ2v) is 6.77. The van der Waals surface area contributed by atoms with Gasteiger partial charge in [0.15, 0.2) is 0 Å². The Labute approximate surface area is 182 Å². The van der Waals surface area contributed by atoms with Gasteiger partial charge in [-0.15, -0.1) is 0 Å². The third-order valence-electron chi connectivity index (χ3n) is 3.78. The summed E-state index contributed by atoms with van der Waals surface area (Å²) in [6.45, 7) is 0.565. The van der Waals surface area contributed by atoms with E-state index in [9.17, 15) is 14.7 Å². The van der Waals surface area contributed by atoms with Crippen molar-refractivity contribution in [3.05, 3.63) is 70.2 Å². The number of aromatic hydroxyl groups is 1. The van der Waals surface area contributed by atoms with Crippen molar-refractivity contribution in [1.82, 2.24) is 5.32 Å². The van der Waals surface area contributed by atoms with Gasteiger partial charge in [-0.2, -0.15) is 0 Å². The van der Waals surface area contributed by atoms with Gasteiger partial charge >= 0.3 is 11.9 Å². The molecule has 162 valence electrons. The molecule has 30 heavy (non-hydrogen) atoms. The predicted octanol–water partition coefficient (Wildman–Crippen LogP) is 3.18. The van der Waals surface area contributed by atoms with Crippen LogP contribution in [0.15, 0.2) is 59.1 Å². The number of benzene rings is 2. The lowest BCUT2D eigenvalue weighted by Gasteiger charge is -2.19. The van der Waals surface area contributed by atoms with Crippen LogP contribution in [0.25, 0.3) is 0 Å². The third kappa shape index (κ3) is 9.55. The van der Waals surface area contributed by atoms with Gasteiger partial charge in [0.1, 0.15) is 17.7 Å². The minimum atomic E-state index is -1.26. The molecule has 8 nitrogen and oxygen atoms in total. The largest absolute Gasteiger partial charge is 0.508 e. The summed E-state index contributed by atoms with van der Waals surface area (Å²) in [4.78, 5) is 19.1. The Morgan fingerprint density at radius 1 is 1.10 bits per heavy atom. The highest BCUT2D eigenvalue weighted by molar-refractivity contribution is 9.10. The number of carboxylic acid groups (broad SMARTS) is 2. The molecule has 0 amide bonds. The number of aliphatic carboxylic acids is 2. The summed E-state index contributed by atoms with van der Waals surface area (Å²) in [7, 11) is 3.27. The zero-order valence-corrected chi connectivity index (χ0v) is 18.1. The first-order valence-electron chi connectivity index (χ1n) is 8.76. The minimum absolute atomic E-state index is 0.104. The van der Waals surface area contributed by atoms with E-state index in [1.807, 2.05) is 18.2 Å². The molecule has 0 saturated heterocycles. The molecule has 2 aromatic carbocycles. The fourth-order valence-corrected chi connectivity index (χ4v) is 2.95. The second-order valence-electron chi connectivity index (χ2n) is 5.91. The van der Waals surface area contributed by atoms with Crippen molar-refractivity contribution < 1.29 is 34.4 Å². The zero-order valence-electron chi connectivity index (χ0n) is 16.5. The lowest BCUT2D eigenvalue weighted by atomic mass is 10.1. The van der Waals surface area contributed by atoms with Crippen molar-refractivity contribution in [2.45, 2.75) is 19.2 Å². The molecule has 0 heterocycles. The van der Waals surface area contributed by atoms with Crippen LogP contribution in [0, 0.1) is 0 Å². The van der Waals surface area contributed by atoms with E-state index in [4.69, 9.17) is 19.7 Å². The normalized spacial score (nSPS) is 11.4. The molecule has 0 saturated carbocycles. The molecule has 0 bridgehead atoms. The Kier molecular flexibility index (Phi) is 11.2. The molecular weight excluding hydrogens is 458 g/mol. The Bertz CT molecular complexity index is 840. The van der Waals surface area contributed by atoms with Crippen LogP contribution in [-0.2, 0) is 27.3 Å². The van der Waals surface area contributed by atoms with Crippen molar-refractivity contribution >= 4 is 27.9 Å². The Balaban J connectivity index is 0.000000479. The number of hydrogen-bond donors (Lipinski definition) is 4. The molecule has 1 atom stereocenters. The summed E-state index contributed by atoms with van der Waals surface area (Å²) < 4.78 is 11.6. The fraction of sp³-hybridized carbons (Fsp3) is 0.238. The topological polar surface area (TPSA) is 125 Å². The van der Waals surface area contributed by atoms with Gasteiger partial charge in [-0.25, -0.2) is 9.59 Å². The first-order valence-corrected chi connectivity index (χ1v) is 9.55. The van der Waals surface area contributed by atoms with Crippen molar-refractivity contribution in [2.75, 3.05) is 14.2 Å². The van der Waals surface area contributed by atoms with Crippen LogP contribution in [0.2, 0.25) is 0 Å². The molecule has 0 aromatic heterocycles. The summed E-state index contributed by atoms with van der Waals surface area (Å²) in [5, 5.41) is 28.6. The average molecular weight is 482 g/mol. The number of rotatable bonds is 9. The SMILES string of the molecule is COc1cc(O)cc(Br)c1CNC(Cc1ccccc1)OC.O=C(O)/C=C\C(=O)O. The molecule has 1 unspecified atom stereocenters. The van der Waals surface area contributed by atoms with Gasteiger partial charge in [-0.05, 0) is 11.6 Å². The standard InChI is InChI=1S/C17H20BrNO3.C4H4O4/c1-21-16-10-13(20)9-15(18)14(16)11-19-17(22-2)8-12-6-4-3-5-7-12;5-3(6)1-2-4(7)8/h3-7,9-10,17,19-20H,8,11H2,1-2H3;1-2H,(H,5,6)(H,7,8)/b;2-1-. The van der Waals surface area contributed by atoms with E-state index < -0.39 is 11.9 Å². The fourth-order valence-electron chi connectivity index (χ4n) is 2.38. The molecule has 0 aliphatic rings. The zero-order chi connectivity index (χ0) is 22.5. The maximum atomic E-state index is 9.61. The van der Waals surface area contributed by atoms with Gasteiger partial charge in [0.2, 0.25) is 0 Å². The molecule has 0 fully saturated rings. The van der Waals surface area contributed by atoms with Gasteiger partial charge in [0.25, 0.3) is 0 Å². The highest BCUT2D eigenvalue weighted by Gasteiger charge is 2.13. The van der Waals surface area contributed by atoms with Crippen LogP contribution in [-0.4, -0.2) is 47.7 Å². The number of phenols is 1. The molecular formula is C21H24BrNO7. The third-order valence-corrected chi connectivity index (χ3v) is 4.49. The smallest absolute Gasteiger partial charge is 0.328 e. The molecule has 9 heteroatoms. The first kappa shape index (κ1) is 25.2. The van der Waals surface area contributed by atoms with E-state index in [1.165, 1.54) is 5.56 Å². The molecule has 2 rings (SSSR count). The van der Waals surface area contributed by atoms with Crippen molar-refractivity contribution in [3.63, 3.8) is 0 Å². The maximum Gasteiger partial charge on any atom is 0.328 e. The maximum absolute atomic E-state index is 9.61. The Morgan fingerprint density at radius 2 is 1.70 bits per heavy atom. The van der Waals surface area contributed by atoms with Crippen molar-refractivity contribution in [3.8, 4) is 11.5 Å². The van der Waals surface area contributed by atoms with E-state index in [2.05, 4.69) is 33.4 Å². The summed E-state index contributed by atoms with van der Waals surface area (Å²) in [5.74, 6) is -1.71. The van der Waals surface area contributed by atoms with Crippen LogP contribution < -0.4 is 10.1 Å². The molecule has 4 N–H and O–H groups in total. The van der Waals surface area contributed by atoms with E-state index in [-0.39, 0.29) is 12.0 Å². The average Bonchev–Trinajstić information content (AvgIpc) is 2.71. The van der Waals surface area contributed by atoms with Gasteiger partial charge < -0.3 is 24.8 Å². The van der Waals surface area contributed by atoms with Gasteiger partial charge in [-0.1, -0.05) is 46.3 Å². The number of carboxylic acids is 2. The minimum Gasteiger partial charge on any atom is -0.508 e. The summed E-state index contributed by atoms with van der Waals surface area (Å²) in [6.07, 6.45) is 1.79. The lowest BCUT2D eigenvalue weighted by molar-refractivity contribution is -0.134. The van der Waals surface area contributed by atoms with Crippen LogP contribution >= 0.6 is 15.9 Å². The van der Waals surface area contributed by atoms with E-state index in [0.717, 1.165) is 16.5 Å². The number of hydrogen-bond acceptors (Lipinski definition) is 6. The predicted molar refractivity (Wildman–Crippen MR) is 115 cm³/mol. The van der Waals surface area contributed by atoms with Crippen molar-refractivity contribution in [2.24, 2.45) is 0 Å². The quantitative estimate of drug-likeness (QED) is 0.317. The monoisotopic (exact) mass is 481 g/mol. The lowest BCUT2D eigenvalue weighted by Crippen LogP contribution is -2.32. The van der Waals surface area contributed by atoms with Crippen LogP contribution in [0.4, 0.5) is 0 Å². The molecule has 0 radical (unpaired) electrons. The van der Waals surface area contributed by atoms with E-state index in [0.29, 0.717) is 24.4 Å². The van der Waals surface area contributed by atoms with Gasteiger partial charge in [-0.3, -0.25) is 5.32 Å². The molecule has 0 aliphatic heterocycles. The summed E-state index contributed by atoms with van der Waals surface area (Å²) >= 11 is 3.46. The highest BCUT2D eigenvalue weighted by atomic mass is 79.9. The second kappa shape index (κ2) is 13.4. The number of halogens is 1. The van der Waals surface area contributed by atoms with Crippen LogP contribution in [0.1, 0.15) is 11.1 Å². The van der Waals surface area contributed by atoms with Crippen LogP contribution in [0.5, 0.6) is 11.5 Å². The first-order chi connectivity index (χ1) is 14.3. The molecule has 0 aliphatic carbocycles. The Hall–Kier alpha value is -2.88. The Morgan fingerprint density at radius 3 is 2.20 bits per heavy atom. The molecule has 0 spiro atoms.